The van der Waals surface area contributed by atoms with Crippen molar-refractivity contribution in [2.24, 2.45) is 11.0 Å². The maximum Gasteiger partial charge on any atom is 0.268 e. The smallest absolute Gasteiger partial charge is 0.268 e. The summed E-state index contributed by atoms with van der Waals surface area (Å²) in [5.74, 6) is -0.0490. The summed E-state index contributed by atoms with van der Waals surface area (Å²) < 4.78 is 0. The van der Waals surface area contributed by atoms with E-state index in [1.54, 1.807) is 0 Å². The molecular weight excluding hydrogens is 346 g/mol. The number of hydrogen-bond acceptors (Lipinski definition) is 3. The van der Waals surface area contributed by atoms with Crippen LogP contribution < -0.4 is 5.32 Å². The first kappa shape index (κ1) is 20.1. The Kier molecular flexibility index (Phi) is 6.18. The SMILES string of the molecule is CCCCN1N=C(C(=O)NC(C)(C)c2ccccc2)C(C)C1c1ccccc1. The number of carbonyl (C=O) groups excluding carboxylic acids is 1. The Balaban J connectivity index is 1.83. The van der Waals surface area contributed by atoms with Crippen molar-refractivity contribution in [2.45, 2.75) is 52.1 Å². The zero-order valence-electron chi connectivity index (χ0n) is 17.4. The molecule has 1 N–H and O–H groups in total. The number of carbonyl (C=O) groups is 1. The van der Waals surface area contributed by atoms with E-state index in [0.29, 0.717) is 5.71 Å². The fraction of sp³-hybridized carbons (Fsp3) is 0.417. The molecule has 0 aromatic heterocycles. The molecule has 0 radical (unpaired) electrons. The number of hydrogen-bond donors (Lipinski definition) is 1. The zero-order chi connectivity index (χ0) is 20.1. The molecule has 0 saturated heterocycles. The van der Waals surface area contributed by atoms with Gasteiger partial charge in [0.25, 0.3) is 5.91 Å². The van der Waals surface area contributed by atoms with E-state index in [1.165, 1.54) is 5.56 Å². The third-order valence-corrected chi connectivity index (χ3v) is 5.50. The minimum atomic E-state index is -0.459. The van der Waals surface area contributed by atoms with Gasteiger partial charge < -0.3 is 5.32 Å². The van der Waals surface area contributed by atoms with Gasteiger partial charge in [-0.1, -0.05) is 80.9 Å². The van der Waals surface area contributed by atoms with Gasteiger partial charge in [0.15, 0.2) is 0 Å². The van der Waals surface area contributed by atoms with Crippen LogP contribution in [-0.4, -0.2) is 23.2 Å². The van der Waals surface area contributed by atoms with Gasteiger partial charge in [-0.25, -0.2) is 0 Å². The zero-order valence-corrected chi connectivity index (χ0v) is 17.4. The highest BCUT2D eigenvalue weighted by molar-refractivity contribution is 6.40. The summed E-state index contributed by atoms with van der Waals surface area (Å²) in [5.41, 5.74) is 2.45. The quantitative estimate of drug-likeness (QED) is 0.747. The summed E-state index contributed by atoms with van der Waals surface area (Å²) >= 11 is 0. The third-order valence-electron chi connectivity index (χ3n) is 5.50. The molecule has 2 aromatic carbocycles. The predicted octanol–water partition coefficient (Wildman–Crippen LogP) is 4.89. The highest BCUT2D eigenvalue weighted by atomic mass is 16.2. The van der Waals surface area contributed by atoms with Crippen molar-refractivity contribution >= 4 is 11.6 Å². The summed E-state index contributed by atoms with van der Waals surface area (Å²) in [6, 6.07) is 20.6. The van der Waals surface area contributed by atoms with Gasteiger partial charge in [0.2, 0.25) is 0 Å². The van der Waals surface area contributed by atoms with Gasteiger partial charge >= 0.3 is 0 Å². The van der Waals surface area contributed by atoms with E-state index in [1.807, 2.05) is 50.2 Å². The average Bonchev–Trinajstić information content (AvgIpc) is 3.03. The molecule has 1 aliphatic heterocycles. The normalized spacial score (nSPS) is 19.4. The van der Waals surface area contributed by atoms with Crippen LogP contribution in [0.25, 0.3) is 0 Å². The van der Waals surface area contributed by atoms with Crippen molar-refractivity contribution in [1.29, 1.82) is 0 Å². The molecule has 2 unspecified atom stereocenters. The monoisotopic (exact) mass is 377 g/mol. The van der Waals surface area contributed by atoms with Crippen LogP contribution in [0.15, 0.2) is 65.8 Å². The Bertz CT molecular complexity index is 814. The maximum atomic E-state index is 13.2. The third kappa shape index (κ3) is 4.27. The van der Waals surface area contributed by atoms with E-state index in [0.717, 1.165) is 24.9 Å². The summed E-state index contributed by atoms with van der Waals surface area (Å²) in [6.07, 6.45) is 2.16. The van der Waals surface area contributed by atoms with E-state index >= 15 is 0 Å². The van der Waals surface area contributed by atoms with Gasteiger partial charge in [0.1, 0.15) is 5.71 Å². The Morgan fingerprint density at radius 1 is 1.07 bits per heavy atom. The van der Waals surface area contributed by atoms with Crippen LogP contribution in [0, 0.1) is 5.92 Å². The van der Waals surface area contributed by atoms with E-state index in [9.17, 15) is 4.79 Å². The molecular formula is C24H31N3O. The highest BCUT2D eigenvalue weighted by Crippen LogP contribution is 2.36. The molecule has 0 aliphatic carbocycles. The van der Waals surface area contributed by atoms with Crippen molar-refractivity contribution in [3.8, 4) is 0 Å². The second-order valence-electron chi connectivity index (χ2n) is 8.09. The lowest BCUT2D eigenvalue weighted by Crippen LogP contribution is -2.45. The fourth-order valence-electron chi connectivity index (χ4n) is 3.85. The maximum absolute atomic E-state index is 13.2. The van der Waals surface area contributed by atoms with Crippen molar-refractivity contribution in [3.05, 3.63) is 71.8 Å². The molecule has 1 amide bonds. The number of benzene rings is 2. The van der Waals surface area contributed by atoms with E-state index < -0.39 is 5.54 Å². The first-order valence-corrected chi connectivity index (χ1v) is 10.2. The molecule has 0 saturated carbocycles. The molecule has 0 fully saturated rings. The largest absolute Gasteiger partial charge is 0.342 e. The standard InChI is InChI=1S/C24H31N3O/c1-5-6-17-27-22(19-13-9-7-10-14-19)18(2)21(26-27)23(28)25-24(3,4)20-15-11-8-12-16-20/h7-16,18,22H,5-6,17H2,1-4H3,(H,25,28). The number of nitrogens with zero attached hydrogens (tertiary/aromatic N) is 2. The molecule has 1 heterocycles. The number of amides is 1. The van der Waals surface area contributed by atoms with Gasteiger partial charge in [-0.3, -0.25) is 9.80 Å². The Morgan fingerprint density at radius 2 is 1.68 bits per heavy atom. The molecule has 28 heavy (non-hydrogen) atoms. The second-order valence-corrected chi connectivity index (χ2v) is 8.09. The molecule has 2 atom stereocenters. The van der Waals surface area contributed by atoms with Crippen molar-refractivity contribution in [2.75, 3.05) is 6.54 Å². The van der Waals surface area contributed by atoms with E-state index in [4.69, 9.17) is 5.10 Å². The fourth-order valence-corrected chi connectivity index (χ4v) is 3.85. The first-order chi connectivity index (χ1) is 13.4. The van der Waals surface area contributed by atoms with E-state index in [2.05, 4.69) is 48.4 Å². The second kappa shape index (κ2) is 8.59. The average molecular weight is 378 g/mol. The van der Waals surface area contributed by atoms with Crippen LogP contribution >= 0.6 is 0 Å². The molecule has 148 valence electrons. The summed E-state index contributed by atoms with van der Waals surface area (Å²) in [5, 5.41) is 10.1. The molecule has 4 heteroatoms. The minimum absolute atomic E-state index is 0.0332. The van der Waals surface area contributed by atoms with Gasteiger partial charge in [-0.15, -0.1) is 0 Å². The number of rotatable bonds is 7. The van der Waals surface area contributed by atoms with Crippen molar-refractivity contribution in [1.82, 2.24) is 10.3 Å². The highest BCUT2D eigenvalue weighted by Gasteiger charge is 2.39. The number of hydrazone groups is 1. The van der Waals surface area contributed by atoms with Crippen LogP contribution in [0.5, 0.6) is 0 Å². The molecule has 1 aliphatic rings. The Hall–Kier alpha value is -2.62. The minimum Gasteiger partial charge on any atom is -0.342 e. The van der Waals surface area contributed by atoms with Gasteiger partial charge in [-0.2, -0.15) is 5.10 Å². The lowest BCUT2D eigenvalue weighted by atomic mass is 9.89. The summed E-state index contributed by atoms with van der Waals surface area (Å²) in [7, 11) is 0. The van der Waals surface area contributed by atoms with Gasteiger partial charge in [0, 0.05) is 12.5 Å². The predicted molar refractivity (Wildman–Crippen MR) is 115 cm³/mol. The molecule has 0 spiro atoms. The van der Waals surface area contributed by atoms with Crippen LogP contribution in [0.1, 0.15) is 57.7 Å². The first-order valence-electron chi connectivity index (χ1n) is 10.2. The number of unbranched alkanes of at least 4 members (excludes halogenated alkanes) is 1. The Labute approximate surface area is 168 Å². The van der Waals surface area contributed by atoms with Crippen molar-refractivity contribution < 1.29 is 4.79 Å². The molecule has 2 aromatic rings. The number of nitrogens with one attached hydrogen (secondary N) is 1. The van der Waals surface area contributed by atoms with Crippen LogP contribution in [-0.2, 0) is 10.3 Å². The lowest BCUT2D eigenvalue weighted by Gasteiger charge is -2.28. The van der Waals surface area contributed by atoms with Crippen LogP contribution in [0.3, 0.4) is 0 Å². The molecule has 3 rings (SSSR count). The van der Waals surface area contributed by atoms with Gasteiger partial charge in [-0.05, 0) is 31.4 Å². The molecule has 4 nitrogen and oxygen atoms in total. The van der Waals surface area contributed by atoms with E-state index in [-0.39, 0.29) is 17.9 Å². The van der Waals surface area contributed by atoms with Crippen molar-refractivity contribution in [3.63, 3.8) is 0 Å². The Morgan fingerprint density at radius 3 is 2.29 bits per heavy atom. The lowest BCUT2D eigenvalue weighted by molar-refractivity contribution is -0.116. The van der Waals surface area contributed by atoms with Crippen LogP contribution in [0.2, 0.25) is 0 Å². The molecule has 0 bridgehead atoms. The summed E-state index contributed by atoms with van der Waals surface area (Å²) in [4.78, 5) is 13.2. The topological polar surface area (TPSA) is 44.7 Å². The summed E-state index contributed by atoms with van der Waals surface area (Å²) in [6.45, 7) is 9.21. The van der Waals surface area contributed by atoms with Crippen LogP contribution in [0.4, 0.5) is 0 Å². The van der Waals surface area contributed by atoms with Gasteiger partial charge in [0.05, 0.1) is 11.6 Å².